The summed E-state index contributed by atoms with van der Waals surface area (Å²) in [7, 11) is -2.09. The molecule has 0 saturated heterocycles. The van der Waals surface area contributed by atoms with E-state index in [-0.39, 0.29) is 0 Å². The molecule has 6 heteroatoms. The lowest BCUT2D eigenvalue weighted by molar-refractivity contribution is 0.433. The predicted octanol–water partition coefficient (Wildman–Crippen LogP) is -0.315. The minimum absolute atomic E-state index is 0.324. The molecular formula is C6H13N3O2S. The molecule has 1 N–H and O–H groups in total. The van der Waals surface area contributed by atoms with E-state index in [1.165, 1.54) is 14.0 Å². The van der Waals surface area contributed by atoms with E-state index in [1.807, 2.05) is 6.07 Å². The predicted molar refractivity (Wildman–Crippen MR) is 45.4 cm³/mol. The zero-order valence-electron chi connectivity index (χ0n) is 7.40. The van der Waals surface area contributed by atoms with E-state index >= 15 is 0 Å². The zero-order chi connectivity index (χ0) is 9.78. The topological polar surface area (TPSA) is 73.2 Å². The molecule has 1 atom stereocenters. The Hall–Kier alpha value is -0.640. The fraction of sp³-hybridized carbons (Fsp3) is 0.833. The minimum atomic E-state index is -3.46. The second kappa shape index (κ2) is 4.40. The third-order valence-corrected chi connectivity index (χ3v) is 3.17. The van der Waals surface area contributed by atoms with Gasteiger partial charge in [0.2, 0.25) is 0 Å². The largest absolute Gasteiger partial charge is 0.280 e. The molecule has 0 radical (unpaired) electrons. The lowest BCUT2D eigenvalue weighted by atomic mass is 10.4. The van der Waals surface area contributed by atoms with Crippen LogP contribution in [0.2, 0.25) is 0 Å². The van der Waals surface area contributed by atoms with Crippen LogP contribution in [0.4, 0.5) is 0 Å². The molecule has 1 unspecified atom stereocenters. The summed E-state index contributed by atoms with van der Waals surface area (Å²) < 4.78 is 25.7. The van der Waals surface area contributed by atoms with Crippen LogP contribution in [0.3, 0.4) is 0 Å². The number of nitrogens with one attached hydrogen (secondary N) is 1. The number of nitrogens with zero attached hydrogens (tertiary/aromatic N) is 2. The van der Waals surface area contributed by atoms with Crippen molar-refractivity contribution in [2.45, 2.75) is 19.9 Å². The molecule has 5 nitrogen and oxygen atoms in total. The van der Waals surface area contributed by atoms with E-state index in [4.69, 9.17) is 5.26 Å². The normalized spacial score (nSPS) is 14.2. The van der Waals surface area contributed by atoms with Crippen LogP contribution in [0, 0.1) is 11.3 Å². The molecule has 0 fully saturated rings. The van der Waals surface area contributed by atoms with E-state index in [1.54, 1.807) is 6.92 Å². The number of hydrogen-bond acceptors (Lipinski definition) is 3. The Balaban J connectivity index is 4.49. The van der Waals surface area contributed by atoms with Gasteiger partial charge in [0.1, 0.15) is 6.04 Å². The summed E-state index contributed by atoms with van der Waals surface area (Å²) in [5.41, 5.74) is 0. The summed E-state index contributed by atoms with van der Waals surface area (Å²) in [4.78, 5) is 0. The van der Waals surface area contributed by atoms with Crippen molar-refractivity contribution in [3.8, 4) is 6.07 Å². The van der Waals surface area contributed by atoms with Gasteiger partial charge in [-0.25, -0.2) is 4.72 Å². The van der Waals surface area contributed by atoms with Crippen LogP contribution in [-0.2, 0) is 10.2 Å². The third kappa shape index (κ3) is 2.77. The Bertz CT molecular complexity index is 267. The third-order valence-electron chi connectivity index (χ3n) is 1.44. The smallest absolute Gasteiger partial charge is 0.202 e. The van der Waals surface area contributed by atoms with Crippen LogP contribution < -0.4 is 4.72 Å². The van der Waals surface area contributed by atoms with Crippen LogP contribution >= 0.6 is 0 Å². The highest BCUT2D eigenvalue weighted by Gasteiger charge is 2.21. The standard InChI is InChI=1S/C6H13N3O2S/c1-4-8-12(10,11)9(3)6(2)5-7/h6,8H,4H2,1-3H3. The SMILES string of the molecule is CCNS(=O)(=O)N(C)C(C)C#N. The van der Waals surface area contributed by atoms with Gasteiger partial charge in [-0.3, -0.25) is 0 Å². The first kappa shape index (κ1) is 11.4. The van der Waals surface area contributed by atoms with Gasteiger partial charge in [-0.1, -0.05) is 6.92 Å². The summed E-state index contributed by atoms with van der Waals surface area (Å²) in [6, 6.07) is 1.19. The average Bonchev–Trinajstić information content (AvgIpc) is 2.01. The number of rotatable bonds is 4. The van der Waals surface area contributed by atoms with Crippen LogP contribution in [0.5, 0.6) is 0 Å². The van der Waals surface area contributed by atoms with Gasteiger partial charge in [0, 0.05) is 13.6 Å². The van der Waals surface area contributed by atoms with E-state index in [0.29, 0.717) is 6.54 Å². The summed E-state index contributed by atoms with van der Waals surface area (Å²) in [5, 5.41) is 8.45. The van der Waals surface area contributed by atoms with Gasteiger partial charge < -0.3 is 0 Å². The molecule has 0 heterocycles. The number of hydrogen-bond donors (Lipinski definition) is 1. The van der Waals surface area contributed by atoms with Gasteiger partial charge in [0.15, 0.2) is 0 Å². The molecule has 0 rings (SSSR count). The molecule has 0 saturated carbocycles. The summed E-state index contributed by atoms with van der Waals surface area (Å²) in [6.45, 7) is 3.53. The molecular weight excluding hydrogens is 178 g/mol. The van der Waals surface area contributed by atoms with Gasteiger partial charge >= 0.3 is 0 Å². The Morgan fingerprint density at radius 1 is 1.67 bits per heavy atom. The first-order valence-electron chi connectivity index (χ1n) is 3.58. The Morgan fingerprint density at radius 2 is 2.17 bits per heavy atom. The molecule has 12 heavy (non-hydrogen) atoms. The quantitative estimate of drug-likeness (QED) is 0.662. The highest BCUT2D eigenvalue weighted by Crippen LogP contribution is 1.99. The van der Waals surface area contributed by atoms with Crippen molar-refractivity contribution in [2.24, 2.45) is 0 Å². The fourth-order valence-corrected chi connectivity index (χ4v) is 1.61. The molecule has 0 spiro atoms. The summed E-state index contributed by atoms with van der Waals surface area (Å²) >= 11 is 0. The van der Waals surface area contributed by atoms with Crippen molar-refractivity contribution >= 4 is 10.2 Å². The van der Waals surface area contributed by atoms with E-state index in [0.717, 1.165) is 4.31 Å². The zero-order valence-corrected chi connectivity index (χ0v) is 8.22. The second-order valence-electron chi connectivity index (χ2n) is 2.32. The van der Waals surface area contributed by atoms with E-state index in [9.17, 15) is 8.42 Å². The Labute approximate surface area is 73.2 Å². The first-order valence-corrected chi connectivity index (χ1v) is 5.02. The lowest BCUT2D eigenvalue weighted by Crippen LogP contribution is -2.42. The van der Waals surface area contributed by atoms with Crippen molar-refractivity contribution in [3.63, 3.8) is 0 Å². The summed E-state index contributed by atoms with van der Waals surface area (Å²) in [6.07, 6.45) is 0. The highest BCUT2D eigenvalue weighted by atomic mass is 32.2. The molecule has 0 amide bonds. The summed E-state index contributed by atoms with van der Waals surface area (Å²) in [5.74, 6) is 0. The van der Waals surface area contributed by atoms with Gasteiger partial charge in [-0.15, -0.1) is 0 Å². The van der Waals surface area contributed by atoms with Crippen molar-refractivity contribution in [2.75, 3.05) is 13.6 Å². The molecule has 0 aliphatic heterocycles. The van der Waals surface area contributed by atoms with Gasteiger partial charge in [0.05, 0.1) is 6.07 Å². The lowest BCUT2D eigenvalue weighted by Gasteiger charge is -2.18. The molecule has 0 bridgehead atoms. The van der Waals surface area contributed by atoms with Crippen molar-refractivity contribution in [1.29, 1.82) is 5.26 Å². The van der Waals surface area contributed by atoms with E-state index < -0.39 is 16.3 Å². The average molecular weight is 191 g/mol. The fourth-order valence-electron chi connectivity index (χ4n) is 0.574. The molecule has 0 aromatic heterocycles. The van der Waals surface area contributed by atoms with Crippen LogP contribution in [-0.4, -0.2) is 32.4 Å². The number of nitriles is 1. The monoisotopic (exact) mass is 191 g/mol. The maximum absolute atomic E-state index is 11.2. The van der Waals surface area contributed by atoms with E-state index in [2.05, 4.69) is 4.72 Å². The van der Waals surface area contributed by atoms with Gasteiger partial charge in [-0.05, 0) is 6.92 Å². The van der Waals surface area contributed by atoms with Crippen LogP contribution in [0.25, 0.3) is 0 Å². The van der Waals surface area contributed by atoms with Gasteiger partial charge in [-0.2, -0.15) is 18.0 Å². The second-order valence-corrected chi connectivity index (χ2v) is 4.14. The van der Waals surface area contributed by atoms with Crippen LogP contribution in [0.15, 0.2) is 0 Å². The Morgan fingerprint density at radius 3 is 2.50 bits per heavy atom. The van der Waals surface area contributed by atoms with Crippen LogP contribution in [0.1, 0.15) is 13.8 Å². The first-order chi connectivity index (χ1) is 5.45. The van der Waals surface area contributed by atoms with Crippen molar-refractivity contribution in [1.82, 2.24) is 9.03 Å². The maximum atomic E-state index is 11.2. The molecule has 70 valence electrons. The molecule has 0 aromatic rings. The van der Waals surface area contributed by atoms with Gasteiger partial charge in [0.25, 0.3) is 10.2 Å². The minimum Gasteiger partial charge on any atom is -0.202 e. The molecule has 0 aliphatic carbocycles. The molecule has 0 aromatic carbocycles. The highest BCUT2D eigenvalue weighted by molar-refractivity contribution is 7.87. The van der Waals surface area contributed by atoms with Crippen molar-refractivity contribution < 1.29 is 8.42 Å². The molecule has 0 aliphatic rings. The van der Waals surface area contributed by atoms with Crippen molar-refractivity contribution in [3.05, 3.63) is 0 Å². The Kier molecular flexibility index (Phi) is 4.17. The maximum Gasteiger partial charge on any atom is 0.280 e.